The maximum absolute atomic E-state index is 12.8. The Labute approximate surface area is 208 Å². The largest absolute Gasteiger partial charge is 0.343 e. The standard InChI is InChI=1S/C25H25N5O5S/c31-22(15-26-24(32)16-6-2-1-3-7-16)30-13-12-21(28-30)36(34,35)29-25(33)27-23-19-10-4-8-17(19)14-18-9-5-11-20(18)23/h1-3,6-7,12-14H,4-5,8-11,15H2,(H,26,32)(H2,27,29,33). The molecule has 0 unspecified atom stereocenters. The number of carbonyl (C=O) groups excluding carboxylic acids is 3. The van der Waals surface area contributed by atoms with E-state index in [1.165, 1.54) is 17.3 Å². The summed E-state index contributed by atoms with van der Waals surface area (Å²) in [4.78, 5) is 37.2. The number of sulfonamides is 1. The highest BCUT2D eigenvalue weighted by molar-refractivity contribution is 7.90. The SMILES string of the molecule is O=C(Nc1c2c(cc3c1CCC3)CCC2)NS(=O)(=O)c1ccn(C(=O)CNC(=O)c2ccccc2)n1. The zero-order chi connectivity index (χ0) is 25.3. The van der Waals surface area contributed by atoms with Crippen LogP contribution in [0.4, 0.5) is 10.5 Å². The van der Waals surface area contributed by atoms with Gasteiger partial charge in [-0.05, 0) is 79.0 Å². The number of urea groups is 1. The Kier molecular flexibility index (Phi) is 6.31. The number of benzene rings is 2. The van der Waals surface area contributed by atoms with E-state index in [9.17, 15) is 22.8 Å². The zero-order valence-electron chi connectivity index (χ0n) is 19.4. The van der Waals surface area contributed by atoms with Gasteiger partial charge in [0.05, 0.1) is 6.54 Å². The van der Waals surface area contributed by atoms with Crippen LogP contribution in [0.3, 0.4) is 0 Å². The Morgan fingerprint density at radius 1 is 0.917 bits per heavy atom. The minimum atomic E-state index is -4.33. The van der Waals surface area contributed by atoms with Crippen molar-refractivity contribution in [3.8, 4) is 0 Å². The molecule has 2 aliphatic rings. The molecular formula is C25H25N5O5S. The van der Waals surface area contributed by atoms with E-state index in [1.54, 1.807) is 30.3 Å². The number of rotatable bonds is 6. The summed E-state index contributed by atoms with van der Waals surface area (Å²) < 4.78 is 28.3. The first-order valence-electron chi connectivity index (χ1n) is 11.7. The van der Waals surface area contributed by atoms with Crippen LogP contribution in [0.15, 0.2) is 53.7 Å². The van der Waals surface area contributed by atoms with E-state index >= 15 is 0 Å². The predicted octanol–water partition coefficient (Wildman–Crippen LogP) is 2.44. The van der Waals surface area contributed by atoms with Crippen molar-refractivity contribution in [2.75, 3.05) is 11.9 Å². The fourth-order valence-electron chi connectivity index (χ4n) is 4.80. The molecule has 3 N–H and O–H groups in total. The van der Waals surface area contributed by atoms with Crippen LogP contribution in [-0.4, -0.2) is 42.6 Å². The topological polar surface area (TPSA) is 139 Å². The van der Waals surface area contributed by atoms with Gasteiger partial charge in [0.25, 0.3) is 21.8 Å². The van der Waals surface area contributed by atoms with Crippen molar-refractivity contribution >= 4 is 33.6 Å². The van der Waals surface area contributed by atoms with Crippen molar-refractivity contribution in [3.63, 3.8) is 0 Å². The first-order valence-corrected chi connectivity index (χ1v) is 13.2. The van der Waals surface area contributed by atoms with Crippen LogP contribution in [0.25, 0.3) is 0 Å². The van der Waals surface area contributed by atoms with Crippen LogP contribution in [0.5, 0.6) is 0 Å². The van der Waals surface area contributed by atoms with E-state index in [0.29, 0.717) is 5.56 Å². The van der Waals surface area contributed by atoms with Gasteiger partial charge in [0.2, 0.25) is 0 Å². The molecule has 10 nitrogen and oxygen atoms in total. The number of anilines is 1. The Morgan fingerprint density at radius 2 is 1.58 bits per heavy atom. The molecule has 1 aromatic heterocycles. The van der Waals surface area contributed by atoms with Gasteiger partial charge in [0, 0.05) is 17.4 Å². The third-order valence-corrected chi connectivity index (χ3v) is 7.69. The summed E-state index contributed by atoms with van der Waals surface area (Å²) in [5.74, 6) is -1.08. The third kappa shape index (κ3) is 4.74. The van der Waals surface area contributed by atoms with Crippen molar-refractivity contribution in [3.05, 3.63) is 76.5 Å². The molecule has 36 heavy (non-hydrogen) atoms. The summed E-state index contributed by atoms with van der Waals surface area (Å²) in [5, 5.41) is 8.55. The van der Waals surface area contributed by atoms with Gasteiger partial charge in [0.15, 0.2) is 5.03 Å². The van der Waals surface area contributed by atoms with E-state index in [-0.39, 0.29) is 6.54 Å². The first kappa shape index (κ1) is 23.7. The molecule has 0 atom stereocenters. The van der Waals surface area contributed by atoms with Crippen LogP contribution in [-0.2, 0) is 35.7 Å². The van der Waals surface area contributed by atoms with Crippen LogP contribution in [0.2, 0.25) is 0 Å². The molecule has 3 amide bonds. The number of aromatic nitrogens is 2. The molecule has 0 spiro atoms. The average Bonchev–Trinajstić information content (AvgIpc) is 3.63. The third-order valence-electron chi connectivity index (χ3n) is 6.47. The van der Waals surface area contributed by atoms with Crippen molar-refractivity contribution < 1.29 is 22.8 Å². The summed E-state index contributed by atoms with van der Waals surface area (Å²) in [6, 6.07) is 10.8. The number of amides is 3. The minimum absolute atomic E-state index is 0.382. The van der Waals surface area contributed by atoms with Crippen LogP contribution in [0.1, 0.15) is 50.2 Å². The molecule has 2 aliphatic carbocycles. The summed E-state index contributed by atoms with van der Waals surface area (Å²) in [7, 11) is -4.33. The predicted molar refractivity (Wildman–Crippen MR) is 131 cm³/mol. The van der Waals surface area contributed by atoms with Gasteiger partial charge in [-0.15, -0.1) is 0 Å². The number of fused-ring (bicyclic) bond motifs is 2. The summed E-state index contributed by atoms with van der Waals surface area (Å²) in [6.07, 6.45) is 6.77. The second-order valence-corrected chi connectivity index (χ2v) is 10.5. The second kappa shape index (κ2) is 9.57. The fourth-order valence-corrected chi connectivity index (χ4v) is 5.63. The van der Waals surface area contributed by atoms with Gasteiger partial charge in [-0.2, -0.15) is 13.5 Å². The van der Waals surface area contributed by atoms with E-state index in [0.717, 1.165) is 66.1 Å². The quantitative estimate of drug-likeness (QED) is 0.468. The second-order valence-electron chi connectivity index (χ2n) is 8.83. The van der Waals surface area contributed by atoms with Crippen molar-refractivity contribution in [2.24, 2.45) is 0 Å². The van der Waals surface area contributed by atoms with Crippen molar-refractivity contribution in [1.82, 2.24) is 19.8 Å². The number of carbonyl (C=O) groups is 3. The van der Waals surface area contributed by atoms with E-state index < -0.39 is 32.9 Å². The van der Waals surface area contributed by atoms with Gasteiger partial charge >= 0.3 is 6.03 Å². The molecule has 186 valence electrons. The van der Waals surface area contributed by atoms with Gasteiger partial charge in [0.1, 0.15) is 0 Å². The monoisotopic (exact) mass is 507 g/mol. The maximum Gasteiger partial charge on any atom is 0.333 e. The fraction of sp³-hybridized carbons (Fsp3) is 0.280. The highest BCUT2D eigenvalue weighted by atomic mass is 32.2. The Hall–Kier alpha value is -3.99. The number of hydrogen-bond acceptors (Lipinski definition) is 6. The van der Waals surface area contributed by atoms with Crippen molar-refractivity contribution in [2.45, 2.75) is 43.6 Å². The van der Waals surface area contributed by atoms with E-state index in [4.69, 9.17) is 0 Å². The number of nitrogens with zero attached hydrogens (tertiary/aromatic N) is 2. The van der Waals surface area contributed by atoms with Crippen LogP contribution >= 0.6 is 0 Å². The summed E-state index contributed by atoms with van der Waals surface area (Å²) in [6.45, 7) is -0.382. The van der Waals surface area contributed by atoms with Gasteiger partial charge in [-0.1, -0.05) is 24.3 Å². The Balaban J connectivity index is 1.24. The Bertz CT molecular complexity index is 1430. The molecule has 3 aromatic rings. The number of hydrogen-bond donors (Lipinski definition) is 3. The smallest absolute Gasteiger partial charge is 0.333 e. The van der Waals surface area contributed by atoms with Gasteiger partial charge in [-0.25, -0.2) is 14.2 Å². The highest BCUT2D eigenvalue weighted by Crippen LogP contribution is 2.38. The van der Waals surface area contributed by atoms with Crippen LogP contribution < -0.4 is 15.4 Å². The Morgan fingerprint density at radius 3 is 2.25 bits per heavy atom. The summed E-state index contributed by atoms with van der Waals surface area (Å²) in [5.41, 5.74) is 5.70. The average molecular weight is 508 g/mol. The van der Waals surface area contributed by atoms with Gasteiger partial charge in [-0.3, -0.25) is 9.59 Å². The van der Waals surface area contributed by atoms with Crippen molar-refractivity contribution in [1.29, 1.82) is 0 Å². The molecule has 2 aromatic carbocycles. The number of aryl methyl sites for hydroxylation is 2. The molecule has 1 heterocycles. The van der Waals surface area contributed by atoms with Crippen LogP contribution in [0, 0.1) is 0 Å². The summed E-state index contributed by atoms with van der Waals surface area (Å²) >= 11 is 0. The molecule has 11 heteroatoms. The molecule has 0 radical (unpaired) electrons. The molecular weight excluding hydrogens is 482 g/mol. The highest BCUT2D eigenvalue weighted by Gasteiger charge is 2.27. The number of nitrogens with one attached hydrogen (secondary N) is 3. The molecule has 0 aliphatic heterocycles. The zero-order valence-corrected chi connectivity index (χ0v) is 20.2. The lowest BCUT2D eigenvalue weighted by Gasteiger charge is -2.16. The molecule has 0 saturated carbocycles. The molecule has 0 fully saturated rings. The first-order chi connectivity index (χ1) is 17.3. The lowest BCUT2D eigenvalue weighted by atomic mass is 9.99. The maximum atomic E-state index is 12.8. The lowest BCUT2D eigenvalue weighted by Crippen LogP contribution is -2.35. The molecule has 5 rings (SSSR count). The molecule has 0 bridgehead atoms. The van der Waals surface area contributed by atoms with E-state index in [2.05, 4.69) is 21.8 Å². The lowest BCUT2D eigenvalue weighted by molar-refractivity contribution is 0.0849. The minimum Gasteiger partial charge on any atom is -0.343 e. The van der Waals surface area contributed by atoms with E-state index in [1.807, 2.05) is 4.72 Å². The normalized spacial score (nSPS) is 14.1. The molecule has 0 saturated heterocycles. The van der Waals surface area contributed by atoms with Gasteiger partial charge < -0.3 is 10.6 Å².